The molecule has 0 amide bonds. The predicted octanol–water partition coefficient (Wildman–Crippen LogP) is 1.77. The van der Waals surface area contributed by atoms with Gasteiger partial charge in [-0.3, -0.25) is 4.68 Å². The van der Waals surface area contributed by atoms with E-state index in [1.807, 2.05) is 10.7 Å². The molecule has 2 heterocycles. The van der Waals surface area contributed by atoms with Gasteiger partial charge < -0.3 is 9.84 Å². The molecule has 2 aromatic heterocycles. The molecule has 19 heavy (non-hydrogen) atoms. The van der Waals surface area contributed by atoms with E-state index in [0.717, 1.165) is 24.4 Å². The Morgan fingerprint density at radius 1 is 1.42 bits per heavy atom. The highest BCUT2D eigenvalue weighted by Gasteiger charge is 2.21. The van der Waals surface area contributed by atoms with E-state index in [9.17, 15) is 0 Å². The summed E-state index contributed by atoms with van der Waals surface area (Å²) in [5, 5.41) is 11.9. The Morgan fingerprint density at radius 2 is 2.26 bits per heavy atom. The predicted molar refractivity (Wildman–Crippen MR) is 70.4 cm³/mol. The smallest absolute Gasteiger partial charge is 0.276 e. The molecule has 102 valence electrons. The van der Waals surface area contributed by atoms with Gasteiger partial charge in [0.15, 0.2) is 5.82 Å². The summed E-state index contributed by atoms with van der Waals surface area (Å²) in [4.78, 5) is 4.44. The van der Waals surface area contributed by atoms with Crippen LogP contribution < -0.4 is 5.32 Å². The van der Waals surface area contributed by atoms with Crippen molar-refractivity contribution >= 4 is 0 Å². The van der Waals surface area contributed by atoms with Gasteiger partial charge in [-0.05, 0) is 32.3 Å². The number of aryl methyl sites for hydroxylation is 2. The van der Waals surface area contributed by atoms with Crippen molar-refractivity contribution in [2.75, 3.05) is 0 Å². The van der Waals surface area contributed by atoms with Crippen LogP contribution in [0.25, 0.3) is 11.6 Å². The van der Waals surface area contributed by atoms with Crippen molar-refractivity contribution in [1.29, 1.82) is 0 Å². The highest BCUT2D eigenvalue weighted by Crippen LogP contribution is 2.21. The Labute approximate surface area is 112 Å². The van der Waals surface area contributed by atoms with Crippen molar-refractivity contribution in [1.82, 2.24) is 25.2 Å². The van der Waals surface area contributed by atoms with Crippen LogP contribution in [0, 0.1) is 0 Å². The summed E-state index contributed by atoms with van der Waals surface area (Å²) in [7, 11) is 0. The number of hydrogen-bond donors (Lipinski definition) is 1. The molecule has 1 fully saturated rings. The van der Waals surface area contributed by atoms with E-state index < -0.39 is 0 Å². The Hall–Kier alpha value is -1.69. The molecule has 0 spiro atoms. The summed E-state index contributed by atoms with van der Waals surface area (Å²) in [6, 6.07) is 2.67. The first-order valence-electron chi connectivity index (χ1n) is 6.93. The average Bonchev–Trinajstić information content (AvgIpc) is 3.00. The topological polar surface area (TPSA) is 68.8 Å². The van der Waals surface area contributed by atoms with Crippen molar-refractivity contribution in [2.45, 2.75) is 52.2 Å². The number of nitrogens with zero attached hydrogens (tertiary/aromatic N) is 4. The molecule has 1 aliphatic carbocycles. The first-order valence-corrected chi connectivity index (χ1v) is 6.93. The Balaban J connectivity index is 1.78. The lowest BCUT2D eigenvalue weighted by Crippen LogP contribution is -2.16. The SMILES string of the molecule is CCc1cc(-c2nc(CNC3CC3)no2)n(CC)n1. The van der Waals surface area contributed by atoms with Crippen LogP contribution in [0.1, 0.15) is 38.2 Å². The standard InChI is InChI=1S/C13H19N5O/c1-3-9-7-11(18(4-2)16-9)13-15-12(17-19-13)8-14-10-5-6-10/h7,10,14H,3-6,8H2,1-2H3. The van der Waals surface area contributed by atoms with Gasteiger partial charge in [0.2, 0.25) is 0 Å². The summed E-state index contributed by atoms with van der Waals surface area (Å²) >= 11 is 0. The lowest BCUT2D eigenvalue weighted by atomic mass is 10.3. The first-order chi connectivity index (χ1) is 9.30. The van der Waals surface area contributed by atoms with Gasteiger partial charge in [0, 0.05) is 12.6 Å². The van der Waals surface area contributed by atoms with Crippen molar-refractivity contribution in [2.24, 2.45) is 0 Å². The normalized spacial score (nSPS) is 15.1. The molecule has 6 nitrogen and oxygen atoms in total. The largest absolute Gasteiger partial charge is 0.332 e. The fourth-order valence-electron chi connectivity index (χ4n) is 2.01. The molecule has 0 atom stereocenters. The van der Waals surface area contributed by atoms with Crippen LogP contribution in [0.4, 0.5) is 0 Å². The lowest BCUT2D eigenvalue weighted by Gasteiger charge is -1.98. The molecule has 0 unspecified atom stereocenters. The molecule has 3 rings (SSSR count). The lowest BCUT2D eigenvalue weighted by molar-refractivity contribution is 0.415. The van der Waals surface area contributed by atoms with Crippen LogP contribution in [0.3, 0.4) is 0 Å². The highest BCUT2D eigenvalue weighted by atomic mass is 16.5. The maximum Gasteiger partial charge on any atom is 0.276 e. The third-order valence-electron chi connectivity index (χ3n) is 3.31. The zero-order chi connectivity index (χ0) is 13.2. The molecule has 0 saturated heterocycles. The molecule has 1 saturated carbocycles. The second kappa shape index (κ2) is 5.13. The van der Waals surface area contributed by atoms with Gasteiger partial charge in [-0.1, -0.05) is 12.1 Å². The number of nitrogens with one attached hydrogen (secondary N) is 1. The molecular weight excluding hydrogens is 242 g/mol. The van der Waals surface area contributed by atoms with E-state index in [4.69, 9.17) is 4.52 Å². The maximum absolute atomic E-state index is 5.34. The van der Waals surface area contributed by atoms with E-state index in [1.165, 1.54) is 12.8 Å². The van der Waals surface area contributed by atoms with Crippen molar-refractivity contribution in [3.8, 4) is 11.6 Å². The fraction of sp³-hybridized carbons (Fsp3) is 0.615. The Bertz CT molecular complexity index is 555. The fourth-order valence-corrected chi connectivity index (χ4v) is 2.01. The van der Waals surface area contributed by atoms with Crippen molar-refractivity contribution in [3.63, 3.8) is 0 Å². The van der Waals surface area contributed by atoms with E-state index in [1.54, 1.807) is 0 Å². The third-order valence-corrected chi connectivity index (χ3v) is 3.31. The van der Waals surface area contributed by atoms with Crippen LogP contribution in [-0.4, -0.2) is 26.0 Å². The van der Waals surface area contributed by atoms with E-state index in [2.05, 4.69) is 34.4 Å². The number of rotatable bonds is 6. The van der Waals surface area contributed by atoms with Gasteiger partial charge in [0.05, 0.1) is 12.2 Å². The van der Waals surface area contributed by atoms with Crippen molar-refractivity contribution in [3.05, 3.63) is 17.6 Å². The molecule has 1 aliphatic rings. The quantitative estimate of drug-likeness (QED) is 0.858. The molecule has 1 N–H and O–H groups in total. The van der Waals surface area contributed by atoms with E-state index in [0.29, 0.717) is 24.3 Å². The molecular formula is C13H19N5O. The zero-order valence-electron chi connectivity index (χ0n) is 11.4. The molecule has 0 aromatic carbocycles. The summed E-state index contributed by atoms with van der Waals surface area (Å²) in [6.45, 7) is 5.62. The first kappa shape index (κ1) is 12.3. The second-order valence-corrected chi connectivity index (χ2v) is 4.86. The summed E-state index contributed by atoms with van der Waals surface area (Å²) in [6.07, 6.45) is 3.42. The van der Waals surface area contributed by atoms with Crippen molar-refractivity contribution < 1.29 is 4.52 Å². The van der Waals surface area contributed by atoms with Crippen LogP contribution >= 0.6 is 0 Å². The molecule has 0 bridgehead atoms. The van der Waals surface area contributed by atoms with E-state index in [-0.39, 0.29) is 0 Å². The third kappa shape index (κ3) is 2.68. The van der Waals surface area contributed by atoms with Crippen LogP contribution in [-0.2, 0) is 19.5 Å². The highest BCUT2D eigenvalue weighted by molar-refractivity contribution is 5.48. The number of hydrogen-bond acceptors (Lipinski definition) is 5. The van der Waals surface area contributed by atoms with E-state index >= 15 is 0 Å². The molecule has 2 aromatic rings. The van der Waals surface area contributed by atoms with Gasteiger partial charge >= 0.3 is 0 Å². The van der Waals surface area contributed by atoms with Gasteiger partial charge in [-0.25, -0.2) is 0 Å². The summed E-state index contributed by atoms with van der Waals surface area (Å²) < 4.78 is 7.25. The van der Waals surface area contributed by atoms with Gasteiger partial charge in [0.25, 0.3) is 5.89 Å². The average molecular weight is 261 g/mol. The summed E-state index contributed by atoms with van der Waals surface area (Å²) in [5.41, 5.74) is 1.96. The van der Waals surface area contributed by atoms with Crippen LogP contribution in [0.5, 0.6) is 0 Å². The van der Waals surface area contributed by atoms with Crippen LogP contribution in [0.15, 0.2) is 10.6 Å². The van der Waals surface area contributed by atoms with Gasteiger partial charge in [0.1, 0.15) is 5.69 Å². The van der Waals surface area contributed by atoms with Gasteiger partial charge in [-0.2, -0.15) is 10.1 Å². The zero-order valence-corrected chi connectivity index (χ0v) is 11.4. The maximum atomic E-state index is 5.34. The molecule has 0 radical (unpaired) electrons. The van der Waals surface area contributed by atoms with Crippen LogP contribution in [0.2, 0.25) is 0 Å². The monoisotopic (exact) mass is 261 g/mol. The second-order valence-electron chi connectivity index (χ2n) is 4.86. The Kier molecular flexibility index (Phi) is 3.33. The Morgan fingerprint density at radius 3 is 2.95 bits per heavy atom. The van der Waals surface area contributed by atoms with Gasteiger partial charge in [-0.15, -0.1) is 0 Å². The number of aromatic nitrogens is 4. The minimum atomic E-state index is 0.557. The summed E-state index contributed by atoms with van der Waals surface area (Å²) in [5.74, 6) is 1.27. The molecule has 0 aliphatic heterocycles. The molecule has 6 heteroatoms. The minimum absolute atomic E-state index is 0.557. The minimum Gasteiger partial charge on any atom is -0.332 e.